The van der Waals surface area contributed by atoms with Crippen molar-refractivity contribution in [1.29, 1.82) is 0 Å². The average Bonchev–Trinajstić information content (AvgIpc) is 2.96. The fourth-order valence-corrected chi connectivity index (χ4v) is 11.7. The van der Waals surface area contributed by atoms with E-state index in [0.717, 1.165) is 5.82 Å². The normalized spacial score (nSPS) is 16.9. The number of para-hydroxylation sites is 1. The molecule has 5 aromatic carbocycles. The summed E-state index contributed by atoms with van der Waals surface area (Å²) in [5.74, 6) is 1.05. The monoisotopic (exact) mass is 474 g/mol. The van der Waals surface area contributed by atoms with E-state index < -0.39 is 8.24 Å². The molecule has 0 aliphatic carbocycles. The number of benzene rings is 5. The van der Waals surface area contributed by atoms with Crippen LogP contribution in [0.1, 0.15) is 0 Å². The van der Waals surface area contributed by atoms with Gasteiger partial charge in [-0.1, -0.05) is 103 Å². The minimum atomic E-state index is -2.77. The van der Waals surface area contributed by atoms with Crippen LogP contribution in [0.15, 0.2) is 134 Å². The molecule has 0 bridgehead atoms. The largest absolute Gasteiger partial charge is 0.340 e. The van der Waals surface area contributed by atoms with Gasteiger partial charge in [-0.05, 0) is 61.7 Å². The lowest BCUT2D eigenvalue weighted by atomic mass is 9.98. The van der Waals surface area contributed by atoms with E-state index >= 15 is 0 Å². The maximum atomic E-state index is 5.07. The third kappa shape index (κ3) is 2.43. The van der Waals surface area contributed by atoms with Crippen LogP contribution in [-0.2, 0) is 0 Å². The van der Waals surface area contributed by atoms with Gasteiger partial charge in [-0.25, -0.2) is 4.98 Å². The summed E-state index contributed by atoms with van der Waals surface area (Å²) in [5, 5.41) is 6.78. The van der Waals surface area contributed by atoms with Crippen molar-refractivity contribution in [2.24, 2.45) is 0 Å². The summed E-state index contributed by atoms with van der Waals surface area (Å²) < 4.78 is 2.63. The van der Waals surface area contributed by atoms with Gasteiger partial charge in [0.15, 0.2) is 0 Å². The van der Waals surface area contributed by atoms with Crippen LogP contribution in [0.5, 0.6) is 0 Å². The van der Waals surface area contributed by atoms with Crippen LogP contribution in [0, 0.1) is 0 Å². The van der Waals surface area contributed by atoms with Gasteiger partial charge >= 0.3 is 0 Å². The Morgan fingerprint density at radius 2 is 1.17 bits per heavy atom. The van der Waals surface area contributed by atoms with Crippen LogP contribution in [0.4, 0.5) is 11.5 Å². The number of nitrogens with zero attached hydrogens (tertiary/aromatic N) is 2. The van der Waals surface area contributed by atoms with Crippen molar-refractivity contribution < 1.29 is 0 Å². The van der Waals surface area contributed by atoms with Crippen LogP contribution in [0.25, 0.3) is 33.0 Å². The molecule has 6 aromatic rings. The first-order valence-electron chi connectivity index (χ1n) is 12.4. The first kappa shape index (κ1) is 19.8. The fraction of sp³-hybridized carbons (Fsp3) is 0. The first-order chi connectivity index (χ1) is 17.9. The highest BCUT2D eigenvalue weighted by molar-refractivity contribution is 7.16. The Balaban J connectivity index is 1.65. The summed E-state index contributed by atoms with van der Waals surface area (Å²) >= 11 is 0. The van der Waals surface area contributed by atoms with Gasteiger partial charge in [0.2, 0.25) is 0 Å². The SMILES string of the molecule is c1ccc([Si]23c4cc5ccccc5cc4-c4ccccc4N2c2ncccc2-c2ccccc23)cc1. The van der Waals surface area contributed by atoms with Crippen LogP contribution in [-0.4, -0.2) is 13.2 Å². The second kappa shape index (κ2) is 7.26. The number of hydrogen-bond donors (Lipinski definition) is 0. The zero-order valence-corrected chi connectivity index (χ0v) is 20.6. The van der Waals surface area contributed by atoms with Gasteiger partial charge in [-0.2, -0.15) is 0 Å². The van der Waals surface area contributed by atoms with Crippen molar-refractivity contribution >= 4 is 46.1 Å². The molecule has 168 valence electrons. The predicted molar refractivity (Wildman–Crippen MR) is 152 cm³/mol. The van der Waals surface area contributed by atoms with Gasteiger partial charge in [0.05, 0.1) is 0 Å². The standard InChI is InChI=1S/C33H22N2Si/c1-2-13-25(14-3-1)36-31-19-9-7-16-27(31)28-17-10-20-34-33(28)35(36)30-18-8-6-15-26(30)29-21-23-11-4-5-12-24(23)22-32(29)36/h1-22H. The number of fused-ring (bicyclic) bond motifs is 12. The molecule has 0 fully saturated rings. The van der Waals surface area contributed by atoms with Gasteiger partial charge in [0.25, 0.3) is 8.24 Å². The molecular formula is C33H22N2Si. The summed E-state index contributed by atoms with van der Waals surface area (Å²) in [6.45, 7) is 0. The van der Waals surface area contributed by atoms with Crippen LogP contribution >= 0.6 is 0 Å². The lowest BCUT2D eigenvalue weighted by Gasteiger charge is -2.52. The summed E-state index contributed by atoms with van der Waals surface area (Å²) in [6.07, 6.45) is 1.94. The van der Waals surface area contributed by atoms with E-state index in [-0.39, 0.29) is 0 Å². The summed E-state index contributed by atoms with van der Waals surface area (Å²) in [6, 6.07) is 47.0. The van der Waals surface area contributed by atoms with Crippen molar-refractivity contribution in [3.05, 3.63) is 134 Å². The number of aromatic nitrogens is 1. The predicted octanol–water partition coefficient (Wildman–Crippen LogP) is 6.00. The van der Waals surface area contributed by atoms with E-state index in [9.17, 15) is 0 Å². The zero-order valence-electron chi connectivity index (χ0n) is 19.6. The molecule has 36 heavy (non-hydrogen) atoms. The Labute approximate surface area is 211 Å². The lowest BCUT2D eigenvalue weighted by Crippen LogP contribution is -2.79. The molecule has 0 saturated heterocycles. The molecule has 2 aliphatic heterocycles. The highest BCUT2D eigenvalue weighted by atomic mass is 28.3. The highest BCUT2D eigenvalue weighted by Gasteiger charge is 2.55. The molecule has 8 rings (SSSR count). The Kier molecular flexibility index (Phi) is 3.99. The molecule has 2 aliphatic rings. The fourth-order valence-electron chi connectivity index (χ4n) is 6.44. The quantitative estimate of drug-likeness (QED) is 0.272. The van der Waals surface area contributed by atoms with Crippen molar-refractivity contribution in [2.45, 2.75) is 0 Å². The van der Waals surface area contributed by atoms with Gasteiger partial charge in [-0.3, -0.25) is 0 Å². The van der Waals surface area contributed by atoms with Gasteiger partial charge in [-0.15, -0.1) is 0 Å². The summed E-state index contributed by atoms with van der Waals surface area (Å²) in [4.78, 5) is 5.07. The summed E-state index contributed by atoms with van der Waals surface area (Å²) in [5.41, 5.74) is 6.35. The van der Waals surface area contributed by atoms with Gasteiger partial charge in [0, 0.05) is 23.0 Å². The molecule has 0 saturated carbocycles. The van der Waals surface area contributed by atoms with Crippen molar-refractivity contribution in [2.75, 3.05) is 4.57 Å². The molecule has 0 N–H and O–H groups in total. The van der Waals surface area contributed by atoms with E-state index in [1.807, 2.05) is 6.20 Å². The van der Waals surface area contributed by atoms with Crippen molar-refractivity contribution in [3.63, 3.8) is 0 Å². The number of hydrogen-bond acceptors (Lipinski definition) is 2. The third-order valence-corrected chi connectivity index (χ3v) is 12.5. The Bertz CT molecular complexity index is 1810. The van der Waals surface area contributed by atoms with Crippen LogP contribution in [0.2, 0.25) is 0 Å². The topological polar surface area (TPSA) is 16.1 Å². The Morgan fingerprint density at radius 3 is 2.03 bits per heavy atom. The second-order valence-electron chi connectivity index (χ2n) is 9.59. The number of anilines is 2. The van der Waals surface area contributed by atoms with Gasteiger partial charge < -0.3 is 4.57 Å². The summed E-state index contributed by atoms with van der Waals surface area (Å²) in [7, 11) is -2.77. The smallest absolute Gasteiger partial charge is 0.260 e. The molecule has 3 heteroatoms. The Morgan fingerprint density at radius 1 is 0.500 bits per heavy atom. The van der Waals surface area contributed by atoms with E-state index in [2.05, 4.69) is 132 Å². The van der Waals surface area contributed by atoms with Crippen molar-refractivity contribution in [1.82, 2.24) is 4.98 Å². The molecule has 0 radical (unpaired) electrons. The minimum Gasteiger partial charge on any atom is -0.340 e. The Hall–Kier alpha value is -4.47. The van der Waals surface area contributed by atoms with Crippen LogP contribution in [0.3, 0.4) is 0 Å². The van der Waals surface area contributed by atoms with E-state index in [4.69, 9.17) is 4.98 Å². The first-order valence-corrected chi connectivity index (χ1v) is 14.4. The van der Waals surface area contributed by atoms with E-state index in [1.165, 1.54) is 54.3 Å². The van der Waals surface area contributed by atoms with Crippen molar-refractivity contribution in [3.8, 4) is 22.3 Å². The number of pyridine rings is 1. The lowest BCUT2D eigenvalue weighted by molar-refractivity contribution is 1.21. The third-order valence-electron chi connectivity index (χ3n) is 7.84. The zero-order chi connectivity index (χ0) is 23.7. The second-order valence-corrected chi connectivity index (χ2v) is 13.1. The molecule has 1 unspecified atom stereocenters. The van der Waals surface area contributed by atoms with Gasteiger partial charge in [0.1, 0.15) is 5.82 Å². The maximum Gasteiger partial charge on any atom is 0.260 e. The molecule has 0 spiro atoms. The van der Waals surface area contributed by atoms with E-state index in [0.29, 0.717) is 0 Å². The molecule has 3 heterocycles. The average molecular weight is 475 g/mol. The maximum absolute atomic E-state index is 5.07. The molecule has 1 atom stereocenters. The molecule has 0 amide bonds. The molecular weight excluding hydrogens is 452 g/mol. The highest BCUT2D eigenvalue weighted by Crippen LogP contribution is 2.48. The van der Waals surface area contributed by atoms with Crippen LogP contribution < -0.4 is 20.1 Å². The number of rotatable bonds is 1. The van der Waals surface area contributed by atoms with E-state index in [1.54, 1.807) is 0 Å². The minimum absolute atomic E-state index is 1.05. The molecule has 2 nitrogen and oxygen atoms in total. The molecule has 1 aromatic heterocycles.